The van der Waals surface area contributed by atoms with Crippen molar-refractivity contribution in [2.75, 3.05) is 26.0 Å². The predicted octanol–water partition coefficient (Wildman–Crippen LogP) is 2.60. The lowest BCUT2D eigenvalue weighted by Gasteiger charge is -2.24. The van der Waals surface area contributed by atoms with E-state index in [0.29, 0.717) is 11.5 Å². The van der Waals surface area contributed by atoms with Crippen LogP contribution in [-0.2, 0) is 14.6 Å². The van der Waals surface area contributed by atoms with Gasteiger partial charge in [0.25, 0.3) is 0 Å². The predicted molar refractivity (Wildman–Crippen MR) is 104 cm³/mol. The Morgan fingerprint density at radius 1 is 1.15 bits per heavy atom. The van der Waals surface area contributed by atoms with E-state index in [0.717, 1.165) is 35.6 Å². The Morgan fingerprint density at radius 3 is 2.67 bits per heavy atom. The minimum Gasteiger partial charge on any atom is -0.371 e. The zero-order valence-electron chi connectivity index (χ0n) is 15.0. The van der Waals surface area contributed by atoms with Crippen LogP contribution in [0.1, 0.15) is 11.7 Å². The van der Waals surface area contributed by atoms with Crippen LogP contribution in [0.25, 0.3) is 16.9 Å². The molecule has 140 valence electrons. The summed E-state index contributed by atoms with van der Waals surface area (Å²) in [6.07, 6.45) is 2.99. The Hall–Kier alpha value is -2.48. The molecule has 1 atom stereocenters. The standard InChI is InChI=1S/C20H21N3O3S/c1-27(24,25)18-4-2-3-16(13-18)19-9-10-22-23(19)17-7-5-15(6-8-17)20-14-21-11-12-26-20/h2-10,13,20-21H,11-12,14H2,1H3. The molecule has 1 unspecified atom stereocenters. The van der Waals surface area contributed by atoms with Gasteiger partial charge in [-0.05, 0) is 35.9 Å². The average molecular weight is 383 g/mol. The Balaban J connectivity index is 1.66. The first-order valence-corrected chi connectivity index (χ1v) is 10.7. The van der Waals surface area contributed by atoms with Crippen LogP contribution in [0, 0.1) is 0 Å². The molecule has 3 aromatic rings. The number of benzene rings is 2. The molecule has 0 radical (unpaired) electrons. The molecule has 0 spiro atoms. The van der Waals surface area contributed by atoms with E-state index in [4.69, 9.17) is 4.74 Å². The van der Waals surface area contributed by atoms with Crippen molar-refractivity contribution >= 4 is 9.84 Å². The molecule has 27 heavy (non-hydrogen) atoms. The molecule has 1 N–H and O–H groups in total. The van der Waals surface area contributed by atoms with Gasteiger partial charge < -0.3 is 10.1 Å². The second-order valence-corrected chi connectivity index (χ2v) is 8.60. The van der Waals surface area contributed by atoms with Gasteiger partial charge in [-0.15, -0.1) is 0 Å². The van der Waals surface area contributed by atoms with Crippen molar-refractivity contribution in [3.8, 4) is 16.9 Å². The Morgan fingerprint density at radius 2 is 1.96 bits per heavy atom. The average Bonchev–Trinajstić information content (AvgIpc) is 3.18. The quantitative estimate of drug-likeness (QED) is 0.750. The third-order valence-corrected chi connectivity index (χ3v) is 5.75. The number of morpholine rings is 1. The largest absolute Gasteiger partial charge is 0.371 e. The van der Waals surface area contributed by atoms with Crippen LogP contribution in [0.4, 0.5) is 0 Å². The molecule has 0 saturated carbocycles. The van der Waals surface area contributed by atoms with Gasteiger partial charge in [-0.3, -0.25) is 0 Å². The van der Waals surface area contributed by atoms with Gasteiger partial charge in [0.1, 0.15) is 0 Å². The van der Waals surface area contributed by atoms with Crippen LogP contribution >= 0.6 is 0 Å². The SMILES string of the molecule is CS(=O)(=O)c1cccc(-c2ccnn2-c2ccc(C3CNCCO3)cc2)c1. The van der Waals surface area contributed by atoms with E-state index in [1.54, 1.807) is 24.4 Å². The van der Waals surface area contributed by atoms with E-state index in [2.05, 4.69) is 10.4 Å². The van der Waals surface area contributed by atoms with E-state index in [9.17, 15) is 8.42 Å². The van der Waals surface area contributed by atoms with Gasteiger partial charge >= 0.3 is 0 Å². The summed E-state index contributed by atoms with van der Waals surface area (Å²) in [5.74, 6) is 0. The molecule has 1 aliphatic heterocycles. The van der Waals surface area contributed by atoms with E-state index in [1.165, 1.54) is 6.26 Å². The number of aromatic nitrogens is 2. The molecule has 0 bridgehead atoms. The number of hydrogen-bond donors (Lipinski definition) is 1. The first-order chi connectivity index (χ1) is 13.0. The summed E-state index contributed by atoms with van der Waals surface area (Å²) >= 11 is 0. The number of ether oxygens (including phenoxy) is 1. The highest BCUT2D eigenvalue weighted by Gasteiger charge is 2.16. The summed E-state index contributed by atoms with van der Waals surface area (Å²) in [6.45, 7) is 2.41. The summed E-state index contributed by atoms with van der Waals surface area (Å²) in [5.41, 5.74) is 3.68. The normalized spacial score (nSPS) is 17.7. The lowest BCUT2D eigenvalue weighted by Crippen LogP contribution is -2.33. The van der Waals surface area contributed by atoms with Crippen LogP contribution in [-0.4, -0.2) is 44.2 Å². The van der Waals surface area contributed by atoms with Gasteiger partial charge in [-0.2, -0.15) is 5.10 Å². The number of rotatable bonds is 4. The molecule has 2 aromatic carbocycles. The lowest BCUT2D eigenvalue weighted by molar-refractivity contribution is 0.0277. The summed E-state index contributed by atoms with van der Waals surface area (Å²) in [6, 6.07) is 16.9. The highest BCUT2D eigenvalue weighted by atomic mass is 32.2. The fourth-order valence-electron chi connectivity index (χ4n) is 3.22. The van der Waals surface area contributed by atoms with E-state index >= 15 is 0 Å². The molecule has 1 fully saturated rings. The van der Waals surface area contributed by atoms with Gasteiger partial charge in [0, 0.05) is 24.9 Å². The van der Waals surface area contributed by atoms with Crippen LogP contribution in [0.15, 0.2) is 65.7 Å². The van der Waals surface area contributed by atoms with Gasteiger partial charge in [-0.1, -0.05) is 24.3 Å². The van der Waals surface area contributed by atoms with Crippen LogP contribution < -0.4 is 5.32 Å². The van der Waals surface area contributed by atoms with E-state index in [-0.39, 0.29) is 6.10 Å². The van der Waals surface area contributed by atoms with Crippen LogP contribution in [0.3, 0.4) is 0 Å². The number of sulfone groups is 1. The van der Waals surface area contributed by atoms with Crippen LogP contribution in [0.5, 0.6) is 0 Å². The second kappa shape index (κ2) is 7.26. The molecule has 7 heteroatoms. The highest BCUT2D eigenvalue weighted by Crippen LogP contribution is 2.26. The van der Waals surface area contributed by atoms with Crippen LogP contribution in [0.2, 0.25) is 0 Å². The molecule has 4 rings (SSSR count). The summed E-state index contributed by atoms with van der Waals surface area (Å²) in [4.78, 5) is 0.296. The maximum atomic E-state index is 11.9. The zero-order chi connectivity index (χ0) is 18.9. The number of nitrogens with zero attached hydrogens (tertiary/aromatic N) is 2. The van der Waals surface area contributed by atoms with E-state index in [1.807, 2.05) is 41.1 Å². The molecular weight excluding hydrogens is 362 g/mol. The van der Waals surface area contributed by atoms with Gasteiger partial charge in [-0.25, -0.2) is 13.1 Å². The van der Waals surface area contributed by atoms with Gasteiger partial charge in [0.05, 0.1) is 35.2 Å². The highest BCUT2D eigenvalue weighted by molar-refractivity contribution is 7.90. The fraction of sp³-hybridized carbons (Fsp3) is 0.250. The topological polar surface area (TPSA) is 73.2 Å². The van der Waals surface area contributed by atoms with Gasteiger partial charge in [0.2, 0.25) is 0 Å². The second-order valence-electron chi connectivity index (χ2n) is 6.58. The summed E-state index contributed by atoms with van der Waals surface area (Å²) < 4.78 is 31.3. The van der Waals surface area contributed by atoms with E-state index < -0.39 is 9.84 Å². The third kappa shape index (κ3) is 3.80. The van der Waals surface area contributed by atoms with Crippen molar-refractivity contribution in [2.45, 2.75) is 11.0 Å². The third-order valence-electron chi connectivity index (χ3n) is 4.64. The molecule has 1 aliphatic rings. The zero-order valence-corrected chi connectivity index (χ0v) is 15.8. The molecular formula is C20H21N3O3S. The first kappa shape index (κ1) is 17.9. The Labute approximate surface area is 158 Å². The maximum Gasteiger partial charge on any atom is 0.175 e. The summed E-state index contributed by atoms with van der Waals surface area (Å²) in [7, 11) is -3.26. The van der Waals surface area contributed by atoms with Gasteiger partial charge in [0.15, 0.2) is 9.84 Å². The minimum absolute atomic E-state index is 0.0661. The van der Waals surface area contributed by atoms with Crippen molar-refractivity contribution in [1.29, 1.82) is 0 Å². The molecule has 0 amide bonds. The van der Waals surface area contributed by atoms with Crippen molar-refractivity contribution < 1.29 is 13.2 Å². The van der Waals surface area contributed by atoms with Crippen molar-refractivity contribution in [1.82, 2.24) is 15.1 Å². The van der Waals surface area contributed by atoms with Crippen molar-refractivity contribution in [2.24, 2.45) is 0 Å². The molecule has 1 aromatic heterocycles. The summed E-state index contributed by atoms with van der Waals surface area (Å²) in [5, 5.41) is 7.75. The molecule has 6 nitrogen and oxygen atoms in total. The monoisotopic (exact) mass is 383 g/mol. The fourth-order valence-corrected chi connectivity index (χ4v) is 3.89. The van der Waals surface area contributed by atoms with Crippen molar-refractivity contribution in [3.63, 3.8) is 0 Å². The Kier molecular flexibility index (Phi) is 4.82. The first-order valence-electron chi connectivity index (χ1n) is 8.79. The number of nitrogens with one attached hydrogen (secondary N) is 1. The minimum atomic E-state index is -3.26. The Bertz CT molecular complexity index is 1040. The number of hydrogen-bond acceptors (Lipinski definition) is 5. The lowest BCUT2D eigenvalue weighted by atomic mass is 10.1. The molecule has 0 aliphatic carbocycles. The smallest absolute Gasteiger partial charge is 0.175 e. The maximum absolute atomic E-state index is 11.9. The van der Waals surface area contributed by atoms with Crippen molar-refractivity contribution in [3.05, 3.63) is 66.4 Å². The molecule has 2 heterocycles. The molecule has 1 saturated heterocycles.